The number of amides is 1. The second-order valence-electron chi connectivity index (χ2n) is 7.56. The molecule has 0 radical (unpaired) electrons. The fraction of sp³-hybridized carbons (Fsp3) is 0.292. The molecule has 0 aliphatic rings. The highest BCUT2D eigenvalue weighted by atomic mass is 32.2. The Hall–Kier alpha value is -3.06. The number of ether oxygens (including phenoxy) is 1. The topological polar surface area (TPSA) is 68.5 Å². The Labute approximate surface area is 186 Å². The summed E-state index contributed by atoms with van der Waals surface area (Å²) in [5.74, 6) is 0.991. The van der Waals surface area contributed by atoms with Gasteiger partial charge in [-0.1, -0.05) is 43.0 Å². The molecule has 2 heterocycles. The number of rotatable bonds is 7. The van der Waals surface area contributed by atoms with Crippen molar-refractivity contribution in [2.45, 2.75) is 38.4 Å². The van der Waals surface area contributed by atoms with Crippen molar-refractivity contribution in [3.8, 4) is 5.75 Å². The lowest BCUT2D eigenvalue weighted by molar-refractivity contribution is -0.119. The van der Waals surface area contributed by atoms with Crippen molar-refractivity contribution >= 4 is 34.2 Å². The summed E-state index contributed by atoms with van der Waals surface area (Å²) < 4.78 is 7.38. The first kappa shape index (κ1) is 21.2. The first-order valence-corrected chi connectivity index (χ1v) is 11.3. The van der Waals surface area contributed by atoms with Gasteiger partial charge < -0.3 is 10.1 Å². The number of carbonyl (C=O) groups excluding carboxylic acids is 1. The summed E-state index contributed by atoms with van der Waals surface area (Å²) in [7, 11) is 1.65. The molecule has 31 heavy (non-hydrogen) atoms. The average molecular weight is 435 g/mol. The van der Waals surface area contributed by atoms with Crippen LogP contribution in [-0.4, -0.2) is 33.4 Å². The molecule has 0 aliphatic heterocycles. The number of fused-ring (bicyclic) bond motifs is 3. The van der Waals surface area contributed by atoms with Crippen molar-refractivity contribution in [2.24, 2.45) is 0 Å². The smallest absolute Gasteiger partial charge is 0.230 e. The van der Waals surface area contributed by atoms with Crippen LogP contribution in [0.1, 0.15) is 36.6 Å². The fourth-order valence-electron chi connectivity index (χ4n) is 3.66. The zero-order valence-electron chi connectivity index (χ0n) is 18.2. The molecule has 2 aromatic heterocycles. The minimum absolute atomic E-state index is 0.0391. The van der Waals surface area contributed by atoms with Gasteiger partial charge in [0.15, 0.2) is 10.8 Å². The molecular formula is C24H26N4O2S. The third-order valence-corrected chi connectivity index (χ3v) is 6.40. The van der Waals surface area contributed by atoms with Crippen LogP contribution >= 0.6 is 11.8 Å². The number of carbonyl (C=O) groups is 1. The van der Waals surface area contributed by atoms with E-state index in [1.807, 2.05) is 35.6 Å². The lowest BCUT2D eigenvalue weighted by Crippen LogP contribution is -2.28. The van der Waals surface area contributed by atoms with E-state index in [1.165, 1.54) is 17.3 Å². The van der Waals surface area contributed by atoms with Gasteiger partial charge in [0.2, 0.25) is 5.91 Å². The van der Waals surface area contributed by atoms with Crippen LogP contribution in [0.15, 0.2) is 53.7 Å². The SMILES string of the molecule is CCc1ccc(C(C)NC(=O)CSc2nnc3cc(C)c4ccc(OC)cc4n23)cc1. The summed E-state index contributed by atoms with van der Waals surface area (Å²) in [6, 6.07) is 16.3. The minimum Gasteiger partial charge on any atom is -0.497 e. The van der Waals surface area contributed by atoms with Gasteiger partial charge in [-0.2, -0.15) is 0 Å². The van der Waals surface area contributed by atoms with E-state index in [9.17, 15) is 4.79 Å². The molecule has 1 atom stereocenters. The van der Waals surface area contributed by atoms with Crippen molar-refractivity contribution in [1.29, 1.82) is 0 Å². The molecule has 6 nitrogen and oxygen atoms in total. The normalized spacial score (nSPS) is 12.3. The van der Waals surface area contributed by atoms with E-state index in [1.54, 1.807) is 7.11 Å². The highest BCUT2D eigenvalue weighted by molar-refractivity contribution is 7.99. The molecule has 4 rings (SSSR count). The van der Waals surface area contributed by atoms with Gasteiger partial charge in [-0.3, -0.25) is 9.20 Å². The number of thioether (sulfide) groups is 1. The third-order valence-electron chi connectivity index (χ3n) is 5.47. The van der Waals surface area contributed by atoms with Gasteiger partial charge >= 0.3 is 0 Å². The van der Waals surface area contributed by atoms with E-state index < -0.39 is 0 Å². The third kappa shape index (κ3) is 4.37. The summed E-state index contributed by atoms with van der Waals surface area (Å²) in [6.45, 7) is 6.18. The van der Waals surface area contributed by atoms with Gasteiger partial charge in [0.25, 0.3) is 0 Å². The Morgan fingerprint density at radius 1 is 1.16 bits per heavy atom. The summed E-state index contributed by atoms with van der Waals surface area (Å²) in [6.07, 6.45) is 1.00. The molecule has 0 fully saturated rings. The molecule has 1 unspecified atom stereocenters. The molecule has 7 heteroatoms. The maximum absolute atomic E-state index is 12.6. The van der Waals surface area contributed by atoms with Crippen LogP contribution in [0.4, 0.5) is 0 Å². The number of nitrogens with one attached hydrogen (secondary N) is 1. The molecular weight excluding hydrogens is 408 g/mol. The average Bonchev–Trinajstić information content (AvgIpc) is 3.20. The molecule has 0 aliphatic carbocycles. The second-order valence-corrected chi connectivity index (χ2v) is 8.50. The maximum atomic E-state index is 12.6. The predicted octanol–water partition coefficient (Wildman–Crippen LogP) is 4.73. The zero-order valence-corrected chi connectivity index (χ0v) is 19.0. The van der Waals surface area contributed by atoms with Gasteiger partial charge in [-0.05, 0) is 55.2 Å². The molecule has 0 spiro atoms. The lowest BCUT2D eigenvalue weighted by Gasteiger charge is -2.14. The minimum atomic E-state index is -0.0538. The van der Waals surface area contributed by atoms with Gasteiger partial charge in [0.1, 0.15) is 5.75 Å². The molecule has 0 bridgehead atoms. The largest absolute Gasteiger partial charge is 0.497 e. The first-order chi connectivity index (χ1) is 15.0. The van der Waals surface area contributed by atoms with Crippen molar-refractivity contribution in [3.05, 3.63) is 65.2 Å². The van der Waals surface area contributed by atoms with Crippen LogP contribution in [-0.2, 0) is 11.2 Å². The van der Waals surface area contributed by atoms with E-state index in [2.05, 4.69) is 53.6 Å². The number of methoxy groups -OCH3 is 1. The van der Waals surface area contributed by atoms with Gasteiger partial charge in [0.05, 0.1) is 24.4 Å². The molecule has 0 saturated carbocycles. The van der Waals surface area contributed by atoms with E-state index in [0.717, 1.165) is 39.8 Å². The van der Waals surface area contributed by atoms with Gasteiger partial charge in [-0.15, -0.1) is 10.2 Å². The Morgan fingerprint density at radius 2 is 1.94 bits per heavy atom. The second kappa shape index (κ2) is 8.98. The number of aromatic nitrogens is 3. The standard InChI is InChI=1S/C24H26N4O2S/c1-5-17-6-8-18(9-7-17)16(3)25-23(29)14-31-24-27-26-22-12-15(2)20-11-10-19(30-4)13-21(20)28(22)24/h6-13,16H,5,14H2,1-4H3,(H,25,29). The van der Waals surface area contributed by atoms with Crippen LogP contribution in [0.3, 0.4) is 0 Å². The van der Waals surface area contributed by atoms with Crippen LogP contribution in [0.2, 0.25) is 0 Å². The highest BCUT2D eigenvalue weighted by Crippen LogP contribution is 2.28. The van der Waals surface area contributed by atoms with Crippen molar-refractivity contribution in [3.63, 3.8) is 0 Å². The summed E-state index contributed by atoms with van der Waals surface area (Å²) in [5, 5.41) is 13.5. The monoisotopic (exact) mass is 434 g/mol. The molecule has 2 aromatic carbocycles. The Morgan fingerprint density at radius 3 is 2.65 bits per heavy atom. The summed E-state index contributed by atoms with van der Waals surface area (Å²) >= 11 is 1.38. The van der Waals surface area contributed by atoms with E-state index in [0.29, 0.717) is 5.16 Å². The van der Waals surface area contributed by atoms with Gasteiger partial charge in [-0.25, -0.2) is 0 Å². The molecule has 160 valence electrons. The van der Waals surface area contributed by atoms with Crippen LogP contribution in [0, 0.1) is 6.92 Å². The van der Waals surface area contributed by atoms with E-state index >= 15 is 0 Å². The lowest BCUT2D eigenvalue weighted by atomic mass is 10.1. The van der Waals surface area contributed by atoms with Crippen molar-refractivity contribution in [1.82, 2.24) is 19.9 Å². The zero-order chi connectivity index (χ0) is 22.0. The summed E-state index contributed by atoms with van der Waals surface area (Å²) in [5.41, 5.74) is 5.22. The van der Waals surface area contributed by atoms with E-state index in [-0.39, 0.29) is 17.7 Å². The number of nitrogens with zero attached hydrogens (tertiary/aromatic N) is 3. The van der Waals surface area contributed by atoms with Gasteiger partial charge in [0, 0.05) is 11.5 Å². The Bertz CT molecular complexity index is 1230. The number of aryl methyl sites for hydroxylation is 2. The molecule has 1 N–H and O–H groups in total. The maximum Gasteiger partial charge on any atom is 0.230 e. The quantitative estimate of drug-likeness (QED) is 0.426. The fourth-order valence-corrected chi connectivity index (χ4v) is 4.42. The number of hydrogen-bond acceptors (Lipinski definition) is 5. The highest BCUT2D eigenvalue weighted by Gasteiger charge is 2.15. The Balaban J connectivity index is 1.52. The van der Waals surface area contributed by atoms with E-state index in [4.69, 9.17) is 4.74 Å². The number of pyridine rings is 1. The number of hydrogen-bond donors (Lipinski definition) is 1. The van der Waals surface area contributed by atoms with Crippen LogP contribution in [0.25, 0.3) is 16.6 Å². The van der Waals surface area contributed by atoms with Crippen LogP contribution < -0.4 is 10.1 Å². The summed E-state index contributed by atoms with van der Waals surface area (Å²) in [4.78, 5) is 12.6. The number of benzene rings is 2. The van der Waals surface area contributed by atoms with Crippen LogP contribution in [0.5, 0.6) is 5.75 Å². The molecule has 4 aromatic rings. The van der Waals surface area contributed by atoms with Crippen molar-refractivity contribution in [2.75, 3.05) is 12.9 Å². The van der Waals surface area contributed by atoms with Crippen molar-refractivity contribution < 1.29 is 9.53 Å². The molecule has 1 amide bonds. The Kier molecular flexibility index (Phi) is 6.13. The molecule has 0 saturated heterocycles. The predicted molar refractivity (Wildman–Crippen MR) is 125 cm³/mol. The first-order valence-electron chi connectivity index (χ1n) is 10.3.